The maximum absolute atomic E-state index is 2.50. The first-order chi connectivity index (χ1) is 14.8. The lowest BCUT2D eigenvalue weighted by Gasteiger charge is -2.21. The molecule has 0 bridgehead atoms. The summed E-state index contributed by atoms with van der Waals surface area (Å²) in [6.07, 6.45) is 15.3. The lowest BCUT2D eigenvalue weighted by molar-refractivity contribution is -0.673. The smallest absolute Gasteiger partial charge is 0.212 e. The number of para-hydroxylation sites is 1. The number of nitrogens with zero attached hydrogens (tertiary/aromatic N) is 1. The summed E-state index contributed by atoms with van der Waals surface area (Å²) < 4.78 is 2.50. The van der Waals surface area contributed by atoms with E-state index in [2.05, 4.69) is 72.3 Å². The summed E-state index contributed by atoms with van der Waals surface area (Å²) in [4.78, 5) is 1.37. The average Bonchev–Trinajstić information content (AvgIpc) is 2.79. The van der Waals surface area contributed by atoms with Crippen molar-refractivity contribution in [2.45, 2.75) is 81.9 Å². The number of hydrogen-bond acceptors (Lipinski definition) is 1. The molecule has 0 atom stereocenters. The van der Waals surface area contributed by atoms with Crippen LogP contribution in [0.1, 0.15) is 68.9 Å². The van der Waals surface area contributed by atoms with Gasteiger partial charge < -0.3 is 24.0 Å². The van der Waals surface area contributed by atoms with Crippen molar-refractivity contribution in [3.05, 3.63) is 71.9 Å². The Morgan fingerprint density at radius 2 is 1.68 bits per heavy atom. The van der Waals surface area contributed by atoms with Crippen molar-refractivity contribution in [3.63, 3.8) is 0 Å². The fraction of sp³-hybridized carbons (Fsp3) is 0.464. The third-order valence-electron chi connectivity index (χ3n) is 6.72. The van der Waals surface area contributed by atoms with E-state index in [-0.39, 0.29) is 24.0 Å². The van der Waals surface area contributed by atoms with Crippen LogP contribution in [0.3, 0.4) is 0 Å². The number of fused-ring (bicyclic) bond motifs is 1. The molecule has 0 unspecified atom stereocenters. The van der Waals surface area contributed by atoms with Gasteiger partial charge in [-0.15, -0.1) is 11.8 Å². The molecule has 0 N–H and O–H groups in total. The van der Waals surface area contributed by atoms with Crippen molar-refractivity contribution in [1.82, 2.24) is 0 Å². The van der Waals surface area contributed by atoms with Gasteiger partial charge in [0.1, 0.15) is 6.54 Å². The summed E-state index contributed by atoms with van der Waals surface area (Å²) in [6, 6.07) is 20.0. The largest absolute Gasteiger partial charge is 1.00 e. The number of rotatable bonds is 9. The summed E-state index contributed by atoms with van der Waals surface area (Å²) in [5.74, 6) is 2.06. The van der Waals surface area contributed by atoms with Crippen LogP contribution < -0.4 is 28.5 Å². The Hall–Kier alpha value is -1.07. The highest BCUT2D eigenvalue weighted by Gasteiger charge is 2.14. The maximum Gasteiger partial charge on any atom is 0.212 e. The van der Waals surface area contributed by atoms with Gasteiger partial charge in [0.15, 0.2) is 6.20 Å². The summed E-state index contributed by atoms with van der Waals surface area (Å²) in [7, 11) is 0. The minimum atomic E-state index is 0. The summed E-state index contributed by atoms with van der Waals surface area (Å²) >= 11 is 1.96. The predicted octanol–water partition coefficient (Wildman–Crippen LogP) is 4.87. The number of thioether (sulfide) groups is 1. The van der Waals surface area contributed by atoms with E-state index >= 15 is 0 Å². The number of pyridine rings is 1. The van der Waals surface area contributed by atoms with Crippen LogP contribution in [-0.4, -0.2) is 0 Å². The molecule has 31 heavy (non-hydrogen) atoms. The minimum Gasteiger partial charge on any atom is -1.00 e. The highest BCUT2D eigenvalue weighted by molar-refractivity contribution is 7.98. The average molecular weight is 546 g/mol. The maximum atomic E-state index is 2.50. The second-order valence-corrected chi connectivity index (χ2v) is 10.0. The number of hydrogen-bond donors (Lipinski definition) is 0. The molecule has 1 aliphatic rings. The van der Waals surface area contributed by atoms with Crippen LogP contribution >= 0.6 is 11.8 Å². The molecule has 166 valence electrons. The zero-order chi connectivity index (χ0) is 20.6. The topological polar surface area (TPSA) is 3.88 Å². The molecule has 1 saturated carbocycles. The van der Waals surface area contributed by atoms with Gasteiger partial charge in [0.05, 0.1) is 4.90 Å². The molecule has 3 heteroatoms. The van der Waals surface area contributed by atoms with Crippen molar-refractivity contribution in [2.75, 3.05) is 0 Å². The summed E-state index contributed by atoms with van der Waals surface area (Å²) in [5.41, 5.74) is 4.19. The van der Waals surface area contributed by atoms with Crippen molar-refractivity contribution in [2.24, 2.45) is 5.92 Å². The van der Waals surface area contributed by atoms with E-state index in [9.17, 15) is 0 Å². The molecule has 1 nitrogen and oxygen atoms in total. The van der Waals surface area contributed by atoms with Gasteiger partial charge in [-0.25, -0.2) is 0 Å². The Labute approximate surface area is 210 Å². The molecule has 0 radical (unpaired) electrons. The predicted molar refractivity (Wildman–Crippen MR) is 130 cm³/mol. The number of unbranched alkanes of at least 4 members (excludes halogenated alkanes) is 2. The molecular formula is C28H36INS. The first-order valence-corrected chi connectivity index (χ1v) is 12.9. The minimum absolute atomic E-state index is 0. The van der Waals surface area contributed by atoms with E-state index in [1.165, 1.54) is 84.7 Å². The Bertz CT molecular complexity index is 949. The lowest BCUT2D eigenvalue weighted by atomic mass is 9.85. The molecule has 1 heterocycles. The number of aromatic nitrogens is 1. The van der Waals surface area contributed by atoms with Gasteiger partial charge >= 0.3 is 0 Å². The van der Waals surface area contributed by atoms with Crippen LogP contribution in [0.4, 0.5) is 0 Å². The third kappa shape index (κ3) is 7.21. The Balaban J connectivity index is 0.00000272. The molecule has 1 aliphatic carbocycles. The van der Waals surface area contributed by atoms with E-state index in [0.29, 0.717) is 0 Å². The second kappa shape index (κ2) is 12.8. The van der Waals surface area contributed by atoms with Gasteiger partial charge in [-0.3, -0.25) is 0 Å². The van der Waals surface area contributed by atoms with Crippen LogP contribution in [0.5, 0.6) is 0 Å². The molecule has 4 rings (SSSR count). The lowest BCUT2D eigenvalue weighted by Crippen LogP contribution is -3.00. The summed E-state index contributed by atoms with van der Waals surface area (Å²) in [6.45, 7) is 3.34. The molecule has 0 aliphatic heterocycles. The van der Waals surface area contributed by atoms with Crippen molar-refractivity contribution in [1.29, 1.82) is 0 Å². The van der Waals surface area contributed by atoms with Crippen LogP contribution in [-0.2, 0) is 12.3 Å². The summed E-state index contributed by atoms with van der Waals surface area (Å²) in [5, 5.41) is 1.36. The normalized spacial score (nSPS) is 14.5. The van der Waals surface area contributed by atoms with E-state index in [0.717, 1.165) is 18.2 Å². The Morgan fingerprint density at radius 1 is 0.903 bits per heavy atom. The van der Waals surface area contributed by atoms with Gasteiger partial charge in [-0.2, -0.15) is 4.57 Å². The molecule has 1 aromatic heterocycles. The SMILES string of the molecule is Cc1ccccc1CSc1cc2ccccc2[n+](CCCCCC2CCCCC2)c1.[I-]. The van der Waals surface area contributed by atoms with Crippen LogP contribution in [0.15, 0.2) is 65.7 Å². The van der Waals surface area contributed by atoms with Gasteiger partial charge in [-0.1, -0.05) is 81.3 Å². The molecule has 0 spiro atoms. The van der Waals surface area contributed by atoms with Crippen molar-refractivity contribution in [3.8, 4) is 0 Å². The van der Waals surface area contributed by atoms with Gasteiger partial charge in [0.25, 0.3) is 0 Å². The molecule has 0 saturated heterocycles. The fourth-order valence-corrected chi connectivity index (χ4v) is 5.91. The first-order valence-electron chi connectivity index (χ1n) is 11.9. The van der Waals surface area contributed by atoms with E-state index in [4.69, 9.17) is 0 Å². The fourth-order valence-electron chi connectivity index (χ4n) is 4.85. The molecule has 3 aromatic rings. The standard InChI is InChI=1S/C28H36NS.HI/c1-23-12-7-8-17-26(23)22-30-27-20-25-16-9-10-18-28(25)29(21-27)19-11-3-6-15-24-13-4-2-5-14-24;/h7-10,12,16-18,20-21,24H,2-6,11,13-15,19,22H2,1H3;1H/q+1;/p-1. The van der Waals surface area contributed by atoms with Gasteiger partial charge in [0.2, 0.25) is 5.52 Å². The number of aryl methyl sites for hydroxylation is 2. The van der Waals surface area contributed by atoms with Crippen molar-refractivity contribution < 1.29 is 28.5 Å². The zero-order valence-electron chi connectivity index (χ0n) is 18.9. The molecule has 1 fully saturated rings. The zero-order valence-corrected chi connectivity index (χ0v) is 21.8. The third-order valence-corrected chi connectivity index (χ3v) is 7.73. The monoisotopic (exact) mass is 545 g/mol. The Kier molecular flexibility index (Phi) is 10.2. The van der Waals surface area contributed by atoms with Crippen LogP contribution in [0, 0.1) is 12.8 Å². The first kappa shape index (κ1) is 24.6. The van der Waals surface area contributed by atoms with E-state index in [1.54, 1.807) is 0 Å². The Morgan fingerprint density at radius 3 is 2.52 bits per heavy atom. The van der Waals surface area contributed by atoms with E-state index in [1.807, 2.05) is 11.8 Å². The quantitative estimate of drug-likeness (QED) is 0.161. The van der Waals surface area contributed by atoms with Gasteiger partial charge in [-0.05, 0) is 42.5 Å². The van der Waals surface area contributed by atoms with Crippen LogP contribution in [0.2, 0.25) is 0 Å². The molecular weight excluding hydrogens is 509 g/mol. The molecule has 0 amide bonds. The van der Waals surface area contributed by atoms with E-state index < -0.39 is 0 Å². The van der Waals surface area contributed by atoms with Gasteiger partial charge in [0, 0.05) is 23.6 Å². The molecule has 2 aromatic carbocycles. The van der Waals surface area contributed by atoms with Crippen molar-refractivity contribution >= 4 is 22.7 Å². The highest BCUT2D eigenvalue weighted by atomic mass is 127. The number of benzene rings is 2. The second-order valence-electron chi connectivity index (χ2n) is 9.00. The number of halogens is 1. The van der Waals surface area contributed by atoms with Crippen LogP contribution in [0.25, 0.3) is 10.9 Å². The highest BCUT2D eigenvalue weighted by Crippen LogP contribution is 2.28.